The maximum atomic E-state index is 12.8. The molecule has 2 aromatic heterocycles. The number of amides is 2. The van der Waals surface area contributed by atoms with Crippen molar-refractivity contribution in [3.63, 3.8) is 0 Å². The Labute approximate surface area is 167 Å². The molecular weight excluding hydrogens is 372 g/mol. The van der Waals surface area contributed by atoms with E-state index in [9.17, 15) is 9.59 Å². The van der Waals surface area contributed by atoms with Gasteiger partial charge in [0.1, 0.15) is 0 Å². The van der Waals surface area contributed by atoms with Crippen LogP contribution in [-0.4, -0.2) is 21.6 Å². The average Bonchev–Trinajstić information content (AvgIpc) is 3.37. The largest absolute Gasteiger partial charge is 0.279 e. The van der Waals surface area contributed by atoms with E-state index in [4.69, 9.17) is 0 Å². The lowest BCUT2D eigenvalue weighted by Gasteiger charge is -2.18. The van der Waals surface area contributed by atoms with Gasteiger partial charge in [0.25, 0.3) is 11.8 Å². The minimum absolute atomic E-state index is 0.285. The highest BCUT2D eigenvalue weighted by atomic mass is 32.1. The second-order valence-electron chi connectivity index (χ2n) is 7.15. The Morgan fingerprint density at radius 3 is 2.79 bits per heavy atom. The van der Waals surface area contributed by atoms with Gasteiger partial charge < -0.3 is 0 Å². The fraction of sp³-hybridized carbons (Fsp3) is 0.286. The highest BCUT2D eigenvalue weighted by molar-refractivity contribution is 7.14. The molecule has 2 N–H and O–H groups in total. The number of benzene rings is 1. The first-order valence-electron chi connectivity index (χ1n) is 9.37. The molecule has 4 rings (SSSR count). The monoisotopic (exact) mass is 394 g/mol. The first-order chi connectivity index (χ1) is 13.6. The van der Waals surface area contributed by atoms with Gasteiger partial charge in [0, 0.05) is 17.3 Å². The summed E-state index contributed by atoms with van der Waals surface area (Å²) in [4.78, 5) is 27.3. The van der Waals surface area contributed by atoms with Crippen LogP contribution in [0.1, 0.15) is 45.1 Å². The number of carbonyl (C=O) groups is 2. The molecule has 0 fully saturated rings. The maximum Gasteiger partial charge on any atom is 0.279 e. The van der Waals surface area contributed by atoms with Gasteiger partial charge in [0.05, 0.1) is 4.88 Å². The van der Waals surface area contributed by atoms with Crippen molar-refractivity contribution in [1.82, 2.24) is 20.6 Å². The zero-order valence-electron chi connectivity index (χ0n) is 15.6. The number of aromatic nitrogens is 2. The van der Waals surface area contributed by atoms with Gasteiger partial charge in [-0.2, -0.15) is 5.10 Å². The average molecular weight is 395 g/mol. The summed E-state index contributed by atoms with van der Waals surface area (Å²) in [5.74, 6) is 0.0179. The van der Waals surface area contributed by atoms with E-state index in [1.807, 2.05) is 36.4 Å². The lowest BCUT2D eigenvalue weighted by Crippen LogP contribution is -2.45. The van der Waals surface area contributed by atoms with E-state index in [0.717, 1.165) is 24.8 Å². The normalized spacial score (nSPS) is 16.8. The summed E-state index contributed by atoms with van der Waals surface area (Å²) in [5, 5.41) is 4.20. The molecule has 1 aromatic carbocycles. The third-order valence-corrected chi connectivity index (χ3v) is 6.24. The third kappa shape index (κ3) is 3.84. The van der Waals surface area contributed by atoms with E-state index in [1.165, 1.54) is 21.8 Å². The number of rotatable bonds is 4. The summed E-state index contributed by atoms with van der Waals surface area (Å²) in [5.41, 5.74) is 7.18. The van der Waals surface area contributed by atoms with Gasteiger partial charge in [-0.15, -0.1) is 11.3 Å². The van der Waals surface area contributed by atoms with E-state index in [-0.39, 0.29) is 11.8 Å². The van der Waals surface area contributed by atoms with Crippen LogP contribution < -0.4 is 10.9 Å². The first-order valence-corrected chi connectivity index (χ1v) is 10.2. The molecule has 2 amide bonds. The maximum absolute atomic E-state index is 12.8. The van der Waals surface area contributed by atoms with Gasteiger partial charge in [-0.1, -0.05) is 37.3 Å². The van der Waals surface area contributed by atoms with E-state index in [2.05, 4.69) is 22.9 Å². The number of hydrazine groups is 1. The summed E-state index contributed by atoms with van der Waals surface area (Å²) in [6.07, 6.45) is 6.55. The number of nitrogens with one attached hydrogen (secondary N) is 2. The number of hydrogen-bond donors (Lipinski definition) is 2. The van der Waals surface area contributed by atoms with Crippen molar-refractivity contribution in [3.8, 4) is 0 Å². The van der Waals surface area contributed by atoms with Gasteiger partial charge >= 0.3 is 0 Å². The zero-order valence-corrected chi connectivity index (χ0v) is 16.4. The number of hydrogen-bond acceptors (Lipinski definition) is 4. The van der Waals surface area contributed by atoms with Crippen molar-refractivity contribution in [2.24, 2.45) is 5.92 Å². The summed E-state index contributed by atoms with van der Waals surface area (Å²) in [7, 11) is 0. The smallest absolute Gasteiger partial charge is 0.270 e. The number of aryl methyl sites for hydroxylation is 1. The standard InChI is InChI=1S/C21H22N4O2S/c1-14-8-9-17-16(12-14)13-18(28-17)20(26)23-24-21(27)19(25-11-5-10-22-25)15-6-3-2-4-7-15/h2-7,10-11,13-14,19H,8-9,12H2,1H3,(H,23,26)(H,24,27). The Hall–Kier alpha value is -2.93. The lowest BCUT2D eigenvalue weighted by atomic mass is 9.90. The summed E-state index contributed by atoms with van der Waals surface area (Å²) in [6, 6.07) is 12.4. The zero-order chi connectivity index (χ0) is 19.5. The molecule has 1 aliphatic carbocycles. The summed E-state index contributed by atoms with van der Waals surface area (Å²) >= 11 is 1.52. The van der Waals surface area contributed by atoms with Gasteiger partial charge in [-0.25, -0.2) is 0 Å². The molecule has 0 radical (unpaired) electrons. The molecule has 0 saturated heterocycles. The number of thiophene rings is 1. The Balaban J connectivity index is 1.46. The van der Waals surface area contributed by atoms with Gasteiger partial charge in [0.15, 0.2) is 6.04 Å². The molecule has 7 heteroatoms. The Morgan fingerprint density at radius 1 is 1.21 bits per heavy atom. The molecule has 2 heterocycles. The highest BCUT2D eigenvalue weighted by Gasteiger charge is 2.24. The summed E-state index contributed by atoms with van der Waals surface area (Å²) in [6.45, 7) is 2.24. The molecule has 3 aromatic rings. The molecule has 0 aliphatic heterocycles. The van der Waals surface area contributed by atoms with Crippen LogP contribution in [0, 0.1) is 5.92 Å². The topological polar surface area (TPSA) is 76.0 Å². The summed E-state index contributed by atoms with van der Waals surface area (Å²) < 4.78 is 1.57. The van der Waals surface area contributed by atoms with Crippen molar-refractivity contribution < 1.29 is 9.59 Å². The fourth-order valence-electron chi connectivity index (χ4n) is 3.56. The minimum atomic E-state index is -0.658. The predicted molar refractivity (Wildman–Crippen MR) is 108 cm³/mol. The van der Waals surface area contributed by atoms with Crippen LogP contribution in [0.3, 0.4) is 0 Å². The van der Waals surface area contributed by atoms with Gasteiger partial charge in [-0.3, -0.25) is 25.1 Å². The molecule has 2 unspecified atom stereocenters. The van der Waals surface area contributed by atoms with E-state index in [0.29, 0.717) is 10.8 Å². The van der Waals surface area contributed by atoms with Crippen molar-refractivity contribution in [2.75, 3.05) is 0 Å². The van der Waals surface area contributed by atoms with Gasteiger partial charge in [-0.05, 0) is 48.4 Å². The number of fused-ring (bicyclic) bond motifs is 1. The Bertz CT molecular complexity index is 966. The lowest BCUT2D eigenvalue weighted by molar-refractivity contribution is -0.124. The molecule has 6 nitrogen and oxygen atoms in total. The SMILES string of the molecule is CC1CCc2sc(C(=O)NNC(=O)C(c3ccccc3)n3cccn3)cc2C1. The van der Waals surface area contributed by atoms with Crippen molar-refractivity contribution in [2.45, 2.75) is 32.2 Å². The molecule has 0 bridgehead atoms. The number of carbonyl (C=O) groups excluding carboxylic acids is 2. The van der Waals surface area contributed by atoms with Gasteiger partial charge in [0.2, 0.25) is 0 Å². The molecule has 144 valence electrons. The van der Waals surface area contributed by atoms with Crippen LogP contribution in [-0.2, 0) is 17.6 Å². The van der Waals surface area contributed by atoms with Crippen LogP contribution >= 0.6 is 11.3 Å². The van der Waals surface area contributed by atoms with Crippen LogP contribution in [0.15, 0.2) is 54.9 Å². The molecule has 0 saturated carbocycles. The fourth-order valence-corrected chi connectivity index (χ4v) is 4.66. The van der Waals surface area contributed by atoms with Crippen LogP contribution in [0.4, 0.5) is 0 Å². The van der Waals surface area contributed by atoms with Crippen LogP contribution in [0.5, 0.6) is 0 Å². The Kier molecular flexibility index (Phi) is 5.25. The molecule has 2 atom stereocenters. The molecule has 0 spiro atoms. The predicted octanol–water partition coefficient (Wildman–Crippen LogP) is 3.12. The van der Waals surface area contributed by atoms with E-state index >= 15 is 0 Å². The van der Waals surface area contributed by atoms with Crippen molar-refractivity contribution in [1.29, 1.82) is 0 Å². The quantitative estimate of drug-likeness (QED) is 0.668. The van der Waals surface area contributed by atoms with Crippen molar-refractivity contribution in [3.05, 3.63) is 75.7 Å². The van der Waals surface area contributed by atoms with E-state index in [1.54, 1.807) is 23.1 Å². The second-order valence-corrected chi connectivity index (χ2v) is 8.29. The van der Waals surface area contributed by atoms with Crippen LogP contribution in [0.2, 0.25) is 0 Å². The second kappa shape index (κ2) is 7.98. The minimum Gasteiger partial charge on any atom is -0.270 e. The van der Waals surface area contributed by atoms with Crippen molar-refractivity contribution >= 4 is 23.2 Å². The molecular formula is C21H22N4O2S. The molecule has 1 aliphatic rings. The van der Waals surface area contributed by atoms with E-state index < -0.39 is 6.04 Å². The number of nitrogens with zero attached hydrogens (tertiary/aromatic N) is 2. The Morgan fingerprint density at radius 2 is 2.04 bits per heavy atom. The third-order valence-electron chi connectivity index (χ3n) is 5.01. The first kappa shape index (κ1) is 18.4. The molecule has 28 heavy (non-hydrogen) atoms. The highest BCUT2D eigenvalue weighted by Crippen LogP contribution is 2.32. The van der Waals surface area contributed by atoms with Crippen LogP contribution in [0.25, 0.3) is 0 Å².